The number of benzene rings is 3. The zero-order valence-corrected chi connectivity index (χ0v) is 24.9. The van der Waals surface area contributed by atoms with Crippen LogP contribution in [0.1, 0.15) is 68.1 Å². The van der Waals surface area contributed by atoms with Gasteiger partial charge < -0.3 is 14.4 Å². The molecule has 41 heavy (non-hydrogen) atoms. The third-order valence-electron chi connectivity index (χ3n) is 8.18. The molecule has 1 heterocycles. The van der Waals surface area contributed by atoms with Crippen molar-refractivity contribution in [3.05, 3.63) is 116 Å². The second-order valence-electron chi connectivity index (χ2n) is 10.8. The third kappa shape index (κ3) is 5.62. The molecule has 0 N–H and O–H groups in total. The summed E-state index contributed by atoms with van der Waals surface area (Å²) in [7, 11) is 0. The van der Waals surface area contributed by atoms with Gasteiger partial charge in [-0.15, -0.1) is 0 Å². The number of ether oxygens (including phenoxy) is 2. The zero-order chi connectivity index (χ0) is 28.3. The summed E-state index contributed by atoms with van der Waals surface area (Å²) in [5, 5.41) is 0. The van der Waals surface area contributed by atoms with Crippen molar-refractivity contribution in [3.63, 3.8) is 0 Å². The van der Waals surface area contributed by atoms with Gasteiger partial charge in [0, 0.05) is 52.3 Å². The number of carbonyl (C=O) groups is 2. The largest absolute Gasteiger partial charge is 0.490 e. The molecule has 3 aromatic carbocycles. The summed E-state index contributed by atoms with van der Waals surface area (Å²) in [6, 6.07) is 24.3. The molecule has 0 saturated carbocycles. The van der Waals surface area contributed by atoms with E-state index in [1.165, 1.54) is 5.56 Å². The lowest BCUT2D eigenvalue weighted by Gasteiger charge is -2.44. The fourth-order valence-electron chi connectivity index (χ4n) is 6.34. The Morgan fingerprint density at radius 1 is 0.756 bits per heavy atom. The number of allylic oxidation sites excluding steroid dienone is 4. The second kappa shape index (κ2) is 12.1. The van der Waals surface area contributed by atoms with E-state index in [2.05, 4.69) is 33.0 Å². The Kier molecular flexibility index (Phi) is 8.11. The fraction of sp³-hybridized carbons (Fsp3) is 0.314. The van der Waals surface area contributed by atoms with Crippen molar-refractivity contribution in [1.29, 1.82) is 0 Å². The van der Waals surface area contributed by atoms with Crippen LogP contribution < -0.4 is 9.47 Å². The second-order valence-corrected chi connectivity index (χ2v) is 11.7. The predicted octanol–water partition coefficient (Wildman–Crippen LogP) is 8.04. The van der Waals surface area contributed by atoms with E-state index in [1.54, 1.807) is 0 Å². The molecule has 6 heteroatoms. The van der Waals surface area contributed by atoms with Crippen LogP contribution in [0, 0.1) is 0 Å². The van der Waals surface area contributed by atoms with Crippen molar-refractivity contribution in [3.8, 4) is 11.5 Å². The predicted molar refractivity (Wildman–Crippen MR) is 163 cm³/mol. The lowest BCUT2D eigenvalue weighted by Crippen LogP contribution is -2.38. The van der Waals surface area contributed by atoms with Crippen LogP contribution in [0.3, 0.4) is 0 Å². The molecule has 0 fully saturated rings. The van der Waals surface area contributed by atoms with E-state index in [0.717, 1.165) is 63.8 Å². The van der Waals surface area contributed by atoms with Gasteiger partial charge in [0.15, 0.2) is 23.1 Å². The van der Waals surface area contributed by atoms with Gasteiger partial charge in [-0.2, -0.15) is 0 Å². The Morgan fingerprint density at radius 3 is 2.05 bits per heavy atom. The van der Waals surface area contributed by atoms with E-state index in [9.17, 15) is 9.59 Å². The molecular formula is C35H34BrNO4. The highest BCUT2D eigenvalue weighted by Crippen LogP contribution is 2.50. The quantitative estimate of drug-likeness (QED) is 0.258. The van der Waals surface area contributed by atoms with Crippen LogP contribution in [0.5, 0.6) is 11.5 Å². The van der Waals surface area contributed by atoms with Crippen molar-refractivity contribution in [2.45, 2.75) is 64.5 Å². The van der Waals surface area contributed by atoms with Crippen LogP contribution in [0.4, 0.5) is 0 Å². The van der Waals surface area contributed by atoms with Gasteiger partial charge in [0.25, 0.3) is 0 Å². The minimum Gasteiger partial charge on any atom is -0.490 e. The number of hydrogen-bond donors (Lipinski definition) is 0. The smallest absolute Gasteiger partial charge is 0.161 e. The maximum absolute atomic E-state index is 13.7. The highest BCUT2D eigenvalue weighted by Gasteiger charge is 2.43. The van der Waals surface area contributed by atoms with Gasteiger partial charge in [-0.05, 0) is 73.6 Å². The molecule has 0 saturated heterocycles. The molecule has 5 nitrogen and oxygen atoms in total. The number of hydrogen-bond acceptors (Lipinski definition) is 5. The molecule has 0 radical (unpaired) electrons. The van der Waals surface area contributed by atoms with Crippen LogP contribution >= 0.6 is 15.9 Å². The average molecular weight is 613 g/mol. The van der Waals surface area contributed by atoms with Crippen LogP contribution in [0.25, 0.3) is 0 Å². The van der Waals surface area contributed by atoms with Gasteiger partial charge in [0.05, 0.1) is 6.61 Å². The Hall–Kier alpha value is -3.64. The van der Waals surface area contributed by atoms with Crippen molar-refractivity contribution in [1.82, 2.24) is 4.90 Å². The molecule has 3 aromatic rings. The summed E-state index contributed by atoms with van der Waals surface area (Å²) >= 11 is 3.48. The van der Waals surface area contributed by atoms with E-state index in [1.807, 2.05) is 67.6 Å². The summed E-state index contributed by atoms with van der Waals surface area (Å²) in [6.45, 7) is 3.50. The maximum Gasteiger partial charge on any atom is 0.161 e. The minimum absolute atomic E-state index is 0.146. The standard InChI is InChI=1S/C35H34BrNO4/c1-2-40-32-20-25(16-19-31(32)41-22-24-14-17-26(36)18-15-24)33-34-27(10-6-12-29(34)38)37(21-23-8-4-3-5-9-23)28-11-7-13-30(39)35(28)33/h3-5,8-9,14-20,33H,2,6-7,10-13,21-22H2,1H3. The fourth-order valence-corrected chi connectivity index (χ4v) is 6.60. The first-order valence-corrected chi connectivity index (χ1v) is 15.3. The number of ketones is 2. The first kappa shape index (κ1) is 27.5. The summed E-state index contributed by atoms with van der Waals surface area (Å²) in [5.41, 5.74) is 6.87. The van der Waals surface area contributed by atoms with Gasteiger partial charge >= 0.3 is 0 Å². The van der Waals surface area contributed by atoms with Gasteiger partial charge in [0.2, 0.25) is 0 Å². The van der Waals surface area contributed by atoms with Crippen molar-refractivity contribution in [2.75, 3.05) is 6.61 Å². The van der Waals surface area contributed by atoms with Gasteiger partial charge in [-0.1, -0.05) is 64.5 Å². The summed E-state index contributed by atoms with van der Waals surface area (Å²) in [6.07, 6.45) is 4.36. The molecule has 0 atom stereocenters. The molecule has 2 aliphatic carbocycles. The highest BCUT2D eigenvalue weighted by molar-refractivity contribution is 9.10. The Balaban J connectivity index is 1.41. The molecule has 210 valence electrons. The van der Waals surface area contributed by atoms with Gasteiger partial charge in [0.1, 0.15) is 6.61 Å². The van der Waals surface area contributed by atoms with Crippen LogP contribution in [0.2, 0.25) is 0 Å². The molecule has 0 amide bonds. The Bertz CT molecular complexity index is 1480. The summed E-state index contributed by atoms with van der Waals surface area (Å²) in [5.74, 6) is 1.19. The summed E-state index contributed by atoms with van der Waals surface area (Å²) < 4.78 is 13.3. The van der Waals surface area contributed by atoms with E-state index >= 15 is 0 Å². The highest BCUT2D eigenvalue weighted by atomic mass is 79.9. The molecule has 0 spiro atoms. The Labute approximate surface area is 250 Å². The molecule has 0 aromatic heterocycles. The van der Waals surface area contributed by atoms with E-state index in [-0.39, 0.29) is 17.5 Å². The molecule has 3 aliphatic rings. The Morgan fingerprint density at radius 2 is 1.41 bits per heavy atom. The molecule has 6 rings (SSSR count). The van der Waals surface area contributed by atoms with Crippen molar-refractivity contribution in [2.24, 2.45) is 0 Å². The normalized spacial score (nSPS) is 17.5. The van der Waals surface area contributed by atoms with E-state index in [4.69, 9.17) is 9.47 Å². The van der Waals surface area contributed by atoms with E-state index in [0.29, 0.717) is 44.1 Å². The molecule has 0 bridgehead atoms. The van der Waals surface area contributed by atoms with Crippen LogP contribution in [-0.4, -0.2) is 23.1 Å². The van der Waals surface area contributed by atoms with Crippen LogP contribution in [0.15, 0.2) is 99.8 Å². The number of Topliss-reactive ketones (excluding diaryl/α,β-unsaturated/α-hetero) is 2. The van der Waals surface area contributed by atoms with Crippen molar-refractivity contribution >= 4 is 27.5 Å². The van der Waals surface area contributed by atoms with Gasteiger partial charge in [-0.25, -0.2) is 0 Å². The maximum atomic E-state index is 13.7. The zero-order valence-electron chi connectivity index (χ0n) is 23.3. The summed E-state index contributed by atoms with van der Waals surface area (Å²) in [4.78, 5) is 29.6. The molecule has 0 unspecified atom stereocenters. The lowest BCUT2D eigenvalue weighted by atomic mass is 9.71. The number of rotatable bonds is 8. The number of carbonyl (C=O) groups excluding carboxylic acids is 2. The SMILES string of the molecule is CCOc1cc(C2C3=C(CCCC3=O)N(Cc3ccccc3)C3=C2C(=O)CCC3)ccc1OCc1ccc(Br)cc1. The number of halogens is 1. The topological polar surface area (TPSA) is 55.8 Å². The van der Waals surface area contributed by atoms with E-state index < -0.39 is 0 Å². The lowest BCUT2D eigenvalue weighted by molar-refractivity contribution is -0.117. The minimum atomic E-state index is -0.382. The first-order chi connectivity index (χ1) is 20.0. The molecular weight excluding hydrogens is 578 g/mol. The third-order valence-corrected chi connectivity index (χ3v) is 8.71. The number of nitrogens with zero attached hydrogens (tertiary/aromatic N) is 1. The molecule has 1 aliphatic heterocycles. The van der Waals surface area contributed by atoms with Crippen LogP contribution in [-0.2, 0) is 22.7 Å². The monoisotopic (exact) mass is 611 g/mol. The van der Waals surface area contributed by atoms with Crippen molar-refractivity contribution < 1.29 is 19.1 Å². The average Bonchev–Trinajstić information content (AvgIpc) is 2.99. The van der Waals surface area contributed by atoms with Gasteiger partial charge in [-0.3, -0.25) is 9.59 Å². The first-order valence-electron chi connectivity index (χ1n) is 14.5.